The Bertz CT molecular complexity index is 1010. The van der Waals surface area contributed by atoms with Crippen molar-refractivity contribution in [3.63, 3.8) is 0 Å². The van der Waals surface area contributed by atoms with E-state index >= 15 is 0 Å². The smallest absolute Gasteiger partial charge is 0.187 e. The summed E-state index contributed by atoms with van der Waals surface area (Å²) in [4.78, 5) is 13.2. The van der Waals surface area contributed by atoms with Crippen LogP contribution in [0.2, 0.25) is 0 Å². The topological polar surface area (TPSA) is 62.1 Å². The van der Waals surface area contributed by atoms with Crippen molar-refractivity contribution in [2.75, 3.05) is 14.2 Å². The molecule has 0 aliphatic heterocycles. The van der Waals surface area contributed by atoms with Gasteiger partial charge in [-0.25, -0.2) is 15.0 Å². The lowest BCUT2D eigenvalue weighted by Crippen LogP contribution is -2.00. The summed E-state index contributed by atoms with van der Waals surface area (Å²) in [5.74, 6) is 1.99. The number of benzene rings is 2. The highest BCUT2D eigenvalue weighted by atomic mass is 16.5. The number of hydrogen-bond donors (Lipinski definition) is 0. The van der Waals surface area contributed by atoms with Gasteiger partial charge >= 0.3 is 0 Å². The average Bonchev–Trinajstić information content (AvgIpc) is 3.04. The number of hydrogen-bond acceptors (Lipinski definition) is 5. The van der Waals surface area contributed by atoms with E-state index in [0.717, 1.165) is 22.2 Å². The monoisotopic (exact) mass is 306 g/mol. The normalized spacial score (nSPS) is 11.0. The number of rotatable bonds is 3. The number of para-hydroxylation sites is 2. The largest absolute Gasteiger partial charge is 0.493 e. The third-order valence-electron chi connectivity index (χ3n) is 3.81. The van der Waals surface area contributed by atoms with E-state index in [0.29, 0.717) is 17.0 Å². The molecule has 114 valence electrons. The molecule has 0 N–H and O–H groups in total. The minimum Gasteiger partial charge on any atom is -0.493 e. The standard InChI is InChI=1S/C17H14N4O2/c1-22-14-8-7-11-15(16(14)23-2)18-9-19-17(11)21-10-20-12-5-3-4-6-13(12)21/h3-10H,1-2H3. The van der Waals surface area contributed by atoms with Crippen LogP contribution in [0.4, 0.5) is 0 Å². The molecule has 0 saturated heterocycles. The molecule has 0 bridgehead atoms. The van der Waals surface area contributed by atoms with Crippen LogP contribution >= 0.6 is 0 Å². The first-order chi connectivity index (χ1) is 11.3. The Labute approximate surface area is 132 Å². The fraction of sp³-hybridized carbons (Fsp3) is 0.118. The van der Waals surface area contributed by atoms with Crippen LogP contribution in [-0.4, -0.2) is 33.7 Å². The Balaban J connectivity index is 2.05. The predicted octanol–water partition coefficient (Wildman–Crippen LogP) is 2.99. The number of methoxy groups -OCH3 is 2. The van der Waals surface area contributed by atoms with E-state index in [-0.39, 0.29) is 0 Å². The van der Waals surface area contributed by atoms with Crippen molar-refractivity contribution >= 4 is 21.9 Å². The molecule has 2 aromatic heterocycles. The molecule has 23 heavy (non-hydrogen) atoms. The van der Waals surface area contributed by atoms with Gasteiger partial charge in [0.1, 0.15) is 24.0 Å². The zero-order valence-electron chi connectivity index (χ0n) is 12.7. The zero-order chi connectivity index (χ0) is 15.8. The SMILES string of the molecule is COc1ccc2c(-n3cnc4ccccc43)ncnc2c1OC. The first kappa shape index (κ1) is 13.5. The lowest BCUT2D eigenvalue weighted by Gasteiger charge is -2.12. The summed E-state index contributed by atoms with van der Waals surface area (Å²) >= 11 is 0. The predicted molar refractivity (Wildman–Crippen MR) is 87.3 cm³/mol. The fourth-order valence-corrected chi connectivity index (χ4v) is 2.75. The second-order valence-corrected chi connectivity index (χ2v) is 5.00. The zero-order valence-corrected chi connectivity index (χ0v) is 12.7. The van der Waals surface area contributed by atoms with Gasteiger partial charge in [0.15, 0.2) is 11.5 Å². The second-order valence-electron chi connectivity index (χ2n) is 5.00. The second kappa shape index (κ2) is 5.24. The number of aromatic nitrogens is 4. The number of ether oxygens (including phenoxy) is 2. The minimum absolute atomic E-state index is 0.595. The maximum absolute atomic E-state index is 5.47. The van der Waals surface area contributed by atoms with Crippen molar-refractivity contribution in [2.24, 2.45) is 0 Å². The molecule has 6 heteroatoms. The van der Waals surface area contributed by atoms with Gasteiger partial charge in [-0.05, 0) is 24.3 Å². The van der Waals surface area contributed by atoms with Crippen LogP contribution < -0.4 is 9.47 Å². The summed E-state index contributed by atoms with van der Waals surface area (Å²) in [6.45, 7) is 0. The molecule has 0 aliphatic carbocycles. The third kappa shape index (κ3) is 1.99. The molecular formula is C17H14N4O2. The van der Waals surface area contributed by atoms with E-state index in [1.807, 2.05) is 41.0 Å². The van der Waals surface area contributed by atoms with Gasteiger partial charge < -0.3 is 9.47 Å². The molecule has 0 saturated carbocycles. The highest BCUT2D eigenvalue weighted by molar-refractivity contribution is 5.93. The van der Waals surface area contributed by atoms with Crippen LogP contribution in [0, 0.1) is 0 Å². The molecule has 4 rings (SSSR count). The van der Waals surface area contributed by atoms with Crippen LogP contribution in [-0.2, 0) is 0 Å². The lowest BCUT2D eigenvalue weighted by atomic mass is 10.2. The molecule has 0 unspecified atom stereocenters. The summed E-state index contributed by atoms with van der Waals surface area (Å²) < 4.78 is 12.8. The fourth-order valence-electron chi connectivity index (χ4n) is 2.75. The van der Waals surface area contributed by atoms with Crippen molar-refractivity contribution in [1.82, 2.24) is 19.5 Å². The molecule has 0 aliphatic rings. The maximum Gasteiger partial charge on any atom is 0.187 e. The molecular weight excluding hydrogens is 292 g/mol. The van der Waals surface area contributed by atoms with E-state index in [4.69, 9.17) is 9.47 Å². The molecule has 2 heterocycles. The summed E-state index contributed by atoms with van der Waals surface area (Å²) in [5, 5.41) is 0.869. The Hall–Kier alpha value is -3.15. The summed E-state index contributed by atoms with van der Waals surface area (Å²) in [7, 11) is 3.21. The lowest BCUT2D eigenvalue weighted by molar-refractivity contribution is 0.358. The van der Waals surface area contributed by atoms with E-state index in [2.05, 4.69) is 15.0 Å². The molecule has 0 spiro atoms. The van der Waals surface area contributed by atoms with Crippen molar-refractivity contribution in [3.8, 4) is 17.3 Å². The summed E-state index contributed by atoms with van der Waals surface area (Å²) in [5.41, 5.74) is 2.61. The van der Waals surface area contributed by atoms with Crippen molar-refractivity contribution < 1.29 is 9.47 Å². The summed E-state index contributed by atoms with van der Waals surface area (Å²) in [6.07, 6.45) is 3.29. The van der Waals surface area contributed by atoms with E-state index in [1.54, 1.807) is 20.5 Å². The molecule has 6 nitrogen and oxygen atoms in total. The summed E-state index contributed by atoms with van der Waals surface area (Å²) in [6, 6.07) is 11.7. The van der Waals surface area contributed by atoms with Crippen molar-refractivity contribution in [2.45, 2.75) is 0 Å². The van der Waals surface area contributed by atoms with Crippen LogP contribution in [0.1, 0.15) is 0 Å². The van der Waals surface area contributed by atoms with Gasteiger partial charge in [0.05, 0.1) is 25.3 Å². The quantitative estimate of drug-likeness (QED) is 0.582. The number of imidazole rings is 1. The van der Waals surface area contributed by atoms with Crippen LogP contribution in [0.25, 0.3) is 27.8 Å². The Morgan fingerprint density at radius 3 is 2.61 bits per heavy atom. The third-order valence-corrected chi connectivity index (χ3v) is 3.81. The van der Waals surface area contributed by atoms with E-state index < -0.39 is 0 Å². The first-order valence-electron chi connectivity index (χ1n) is 7.11. The first-order valence-corrected chi connectivity index (χ1v) is 7.11. The average molecular weight is 306 g/mol. The van der Waals surface area contributed by atoms with Gasteiger partial charge in [0.2, 0.25) is 0 Å². The highest BCUT2D eigenvalue weighted by Gasteiger charge is 2.15. The van der Waals surface area contributed by atoms with Gasteiger partial charge in [0, 0.05) is 5.39 Å². The van der Waals surface area contributed by atoms with E-state index in [1.165, 1.54) is 6.33 Å². The molecule has 0 radical (unpaired) electrons. The van der Waals surface area contributed by atoms with Crippen LogP contribution in [0.5, 0.6) is 11.5 Å². The molecule has 4 aromatic rings. The van der Waals surface area contributed by atoms with Gasteiger partial charge in [-0.2, -0.15) is 0 Å². The molecule has 0 fully saturated rings. The van der Waals surface area contributed by atoms with Crippen LogP contribution in [0.3, 0.4) is 0 Å². The minimum atomic E-state index is 0.595. The van der Waals surface area contributed by atoms with Gasteiger partial charge in [-0.15, -0.1) is 0 Å². The van der Waals surface area contributed by atoms with Crippen LogP contribution in [0.15, 0.2) is 49.1 Å². The van der Waals surface area contributed by atoms with E-state index in [9.17, 15) is 0 Å². The Morgan fingerprint density at radius 1 is 0.913 bits per heavy atom. The molecule has 0 atom stereocenters. The number of fused-ring (bicyclic) bond motifs is 2. The van der Waals surface area contributed by atoms with Gasteiger partial charge in [-0.3, -0.25) is 4.57 Å². The van der Waals surface area contributed by atoms with Crippen molar-refractivity contribution in [3.05, 3.63) is 49.1 Å². The maximum atomic E-state index is 5.47. The van der Waals surface area contributed by atoms with Gasteiger partial charge in [-0.1, -0.05) is 12.1 Å². The van der Waals surface area contributed by atoms with Crippen molar-refractivity contribution in [1.29, 1.82) is 0 Å². The number of nitrogens with zero attached hydrogens (tertiary/aromatic N) is 4. The molecule has 0 amide bonds. The Kier molecular flexibility index (Phi) is 3.08. The molecule has 2 aromatic carbocycles. The highest BCUT2D eigenvalue weighted by Crippen LogP contribution is 2.35. The van der Waals surface area contributed by atoms with Gasteiger partial charge in [0.25, 0.3) is 0 Å². The Morgan fingerprint density at radius 2 is 1.78 bits per heavy atom.